The van der Waals surface area contributed by atoms with Gasteiger partial charge in [-0.15, -0.1) is 11.3 Å². The molecule has 0 aliphatic carbocycles. The molecule has 0 spiro atoms. The normalized spacial score (nSPS) is 9.85. The minimum Gasteiger partial charge on any atom is -0.244 e. The Hall–Kier alpha value is -1.41. The molecule has 0 bridgehead atoms. The number of hydrogen-bond donors (Lipinski definition) is 0. The van der Waals surface area contributed by atoms with Gasteiger partial charge in [0.15, 0.2) is 0 Å². The van der Waals surface area contributed by atoms with Gasteiger partial charge in [0.1, 0.15) is 5.01 Å². The molecule has 64 valence electrons. The van der Waals surface area contributed by atoms with Crippen molar-refractivity contribution in [2.45, 2.75) is 0 Å². The fourth-order valence-electron chi connectivity index (χ4n) is 1.10. The minimum absolute atomic E-state index is 1.05. The third kappa shape index (κ3) is 1.68. The van der Waals surface area contributed by atoms with E-state index in [4.69, 9.17) is 0 Å². The lowest BCUT2D eigenvalue weighted by Crippen LogP contribution is -1.71. The smallest absolute Gasteiger partial charge is 0.123 e. The monoisotopic (exact) mass is 187 g/mol. The second kappa shape index (κ2) is 3.54. The van der Waals surface area contributed by atoms with Gasteiger partial charge in [-0.25, -0.2) is 4.98 Å². The van der Waals surface area contributed by atoms with Gasteiger partial charge in [-0.3, -0.25) is 0 Å². The highest BCUT2D eigenvalue weighted by molar-refractivity contribution is 7.15. The second-order valence-electron chi connectivity index (χ2n) is 2.64. The van der Waals surface area contributed by atoms with E-state index in [1.54, 1.807) is 11.3 Å². The summed E-state index contributed by atoms with van der Waals surface area (Å²) >= 11 is 1.66. The predicted molar refractivity (Wildman–Crippen MR) is 57.6 cm³/mol. The van der Waals surface area contributed by atoms with E-state index < -0.39 is 0 Å². The van der Waals surface area contributed by atoms with Crippen LogP contribution in [-0.4, -0.2) is 4.98 Å². The Balaban J connectivity index is 2.41. The summed E-state index contributed by atoms with van der Waals surface area (Å²) in [6, 6.07) is 10.2. The van der Waals surface area contributed by atoms with Crippen molar-refractivity contribution >= 4 is 17.4 Å². The highest BCUT2D eigenvalue weighted by Gasteiger charge is 2.00. The van der Waals surface area contributed by atoms with Gasteiger partial charge in [0, 0.05) is 16.6 Å². The summed E-state index contributed by atoms with van der Waals surface area (Å²) in [6.45, 7) is 3.71. The zero-order valence-corrected chi connectivity index (χ0v) is 7.92. The largest absolute Gasteiger partial charge is 0.244 e. The van der Waals surface area contributed by atoms with Crippen LogP contribution < -0.4 is 0 Å². The summed E-state index contributed by atoms with van der Waals surface area (Å²) in [5.41, 5.74) is 1.17. The van der Waals surface area contributed by atoms with Crippen LogP contribution in [0.2, 0.25) is 0 Å². The Labute approximate surface area is 81.4 Å². The molecule has 0 fully saturated rings. The number of aromatic nitrogens is 1. The Bertz CT molecular complexity index is 403. The SMILES string of the molecule is C=Cc1cnc(-c2ccccc2)s1. The standard InChI is InChI=1S/C11H9NS/c1-2-10-8-12-11(13-10)9-6-4-3-5-7-9/h2-8H,1H2. The number of nitrogens with zero attached hydrogens (tertiary/aromatic N) is 1. The number of thiazole rings is 1. The lowest BCUT2D eigenvalue weighted by atomic mass is 10.2. The molecule has 13 heavy (non-hydrogen) atoms. The highest BCUT2D eigenvalue weighted by Crippen LogP contribution is 2.24. The highest BCUT2D eigenvalue weighted by atomic mass is 32.1. The Morgan fingerprint density at radius 1 is 1.23 bits per heavy atom. The molecular weight excluding hydrogens is 178 g/mol. The van der Waals surface area contributed by atoms with Crippen LogP contribution in [0.1, 0.15) is 4.88 Å². The van der Waals surface area contributed by atoms with Crippen molar-refractivity contribution < 1.29 is 0 Å². The molecule has 0 aliphatic rings. The number of benzene rings is 1. The van der Waals surface area contributed by atoms with Gasteiger partial charge < -0.3 is 0 Å². The number of rotatable bonds is 2. The Morgan fingerprint density at radius 3 is 2.62 bits per heavy atom. The van der Waals surface area contributed by atoms with Gasteiger partial charge in [0.2, 0.25) is 0 Å². The van der Waals surface area contributed by atoms with Gasteiger partial charge in [0.05, 0.1) is 0 Å². The molecule has 0 saturated heterocycles. The number of hydrogen-bond acceptors (Lipinski definition) is 2. The lowest BCUT2D eigenvalue weighted by Gasteiger charge is -1.92. The van der Waals surface area contributed by atoms with Crippen LogP contribution in [0.15, 0.2) is 43.1 Å². The summed E-state index contributed by atoms with van der Waals surface area (Å²) in [7, 11) is 0. The molecule has 0 atom stereocenters. The third-order valence-corrected chi connectivity index (χ3v) is 2.79. The molecule has 0 N–H and O–H groups in total. The van der Waals surface area contributed by atoms with Crippen LogP contribution >= 0.6 is 11.3 Å². The molecule has 2 rings (SSSR count). The fourth-order valence-corrected chi connectivity index (χ4v) is 1.87. The zero-order chi connectivity index (χ0) is 9.10. The maximum atomic E-state index is 4.30. The van der Waals surface area contributed by atoms with Crippen LogP contribution in [0.4, 0.5) is 0 Å². The molecule has 2 heteroatoms. The predicted octanol–water partition coefficient (Wildman–Crippen LogP) is 3.45. The molecule has 0 amide bonds. The van der Waals surface area contributed by atoms with Crippen LogP contribution in [0.5, 0.6) is 0 Å². The van der Waals surface area contributed by atoms with Crippen LogP contribution in [0.25, 0.3) is 16.6 Å². The molecule has 0 saturated carbocycles. The van der Waals surface area contributed by atoms with E-state index in [0.717, 1.165) is 9.88 Å². The maximum Gasteiger partial charge on any atom is 0.123 e. The Morgan fingerprint density at radius 2 is 2.00 bits per heavy atom. The first kappa shape index (κ1) is 8.20. The van der Waals surface area contributed by atoms with Crippen LogP contribution in [-0.2, 0) is 0 Å². The molecule has 2 aromatic rings. The maximum absolute atomic E-state index is 4.30. The van der Waals surface area contributed by atoms with E-state index in [1.165, 1.54) is 5.56 Å². The van der Waals surface area contributed by atoms with Gasteiger partial charge in [0.25, 0.3) is 0 Å². The first-order valence-corrected chi connectivity index (χ1v) is 4.85. The van der Waals surface area contributed by atoms with Crippen LogP contribution in [0, 0.1) is 0 Å². The second-order valence-corrected chi connectivity index (χ2v) is 3.70. The quantitative estimate of drug-likeness (QED) is 0.701. The summed E-state index contributed by atoms with van der Waals surface area (Å²) in [4.78, 5) is 5.41. The third-order valence-electron chi connectivity index (χ3n) is 1.75. The van der Waals surface area contributed by atoms with E-state index in [9.17, 15) is 0 Å². The van der Waals surface area contributed by atoms with E-state index in [1.807, 2.05) is 30.5 Å². The van der Waals surface area contributed by atoms with Gasteiger partial charge in [-0.2, -0.15) is 0 Å². The van der Waals surface area contributed by atoms with Crippen molar-refractivity contribution in [1.29, 1.82) is 0 Å². The van der Waals surface area contributed by atoms with E-state index >= 15 is 0 Å². The summed E-state index contributed by atoms with van der Waals surface area (Å²) < 4.78 is 0. The van der Waals surface area contributed by atoms with Gasteiger partial charge >= 0.3 is 0 Å². The van der Waals surface area contributed by atoms with Crippen molar-refractivity contribution in [3.05, 3.63) is 48.0 Å². The molecule has 1 nitrogen and oxygen atoms in total. The summed E-state index contributed by atoms with van der Waals surface area (Å²) in [5, 5.41) is 1.05. The average molecular weight is 187 g/mol. The van der Waals surface area contributed by atoms with E-state index in [2.05, 4.69) is 23.7 Å². The summed E-state index contributed by atoms with van der Waals surface area (Å²) in [5.74, 6) is 0. The van der Waals surface area contributed by atoms with Crippen molar-refractivity contribution in [2.24, 2.45) is 0 Å². The Kier molecular flexibility index (Phi) is 2.23. The van der Waals surface area contributed by atoms with Crippen molar-refractivity contribution in [3.63, 3.8) is 0 Å². The minimum atomic E-state index is 1.05. The fraction of sp³-hybridized carbons (Fsp3) is 0. The topological polar surface area (TPSA) is 12.9 Å². The first-order valence-electron chi connectivity index (χ1n) is 4.04. The van der Waals surface area contributed by atoms with Crippen LogP contribution in [0.3, 0.4) is 0 Å². The van der Waals surface area contributed by atoms with Gasteiger partial charge in [-0.05, 0) is 0 Å². The van der Waals surface area contributed by atoms with E-state index in [0.29, 0.717) is 0 Å². The van der Waals surface area contributed by atoms with Gasteiger partial charge in [-0.1, -0.05) is 43.0 Å². The average Bonchev–Trinajstić information content (AvgIpc) is 2.67. The van der Waals surface area contributed by atoms with Crippen molar-refractivity contribution in [3.8, 4) is 10.6 Å². The van der Waals surface area contributed by atoms with Crippen molar-refractivity contribution in [2.75, 3.05) is 0 Å². The summed E-state index contributed by atoms with van der Waals surface area (Å²) in [6.07, 6.45) is 3.67. The molecule has 1 aromatic heterocycles. The molecule has 0 unspecified atom stereocenters. The molecular formula is C11H9NS. The molecule has 1 heterocycles. The molecule has 1 aromatic carbocycles. The molecule has 0 radical (unpaired) electrons. The van der Waals surface area contributed by atoms with Crippen molar-refractivity contribution in [1.82, 2.24) is 4.98 Å². The molecule has 0 aliphatic heterocycles. The lowest BCUT2D eigenvalue weighted by molar-refractivity contribution is 1.41. The zero-order valence-electron chi connectivity index (χ0n) is 7.10. The van der Waals surface area contributed by atoms with E-state index in [-0.39, 0.29) is 0 Å². The first-order chi connectivity index (χ1) is 6.40.